The molecule has 1 aromatic carbocycles. The van der Waals surface area contributed by atoms with E-state index >= 15 is 0 Å². The largest absolute Gasteiger partial charge is 0.494 e. The van der Waals surface area contributed by atoms with Crippen molar-refractivity contribution in [2.24, 2.45) is 10.9 Å². The van der Waals surface area contributed by atoms with E-state index in [0.29, 0.717) is 19.6 Å². The first-order valence-corrected chi connectivity index (χ1v) is 7.31. The fraction of sp³-hybridized carbons (Fsp3) is 0.533. The molecule has 6 heteroatoms. The van der Waals surface area contributed by atoms with Crippen molar-refractivity contribution in [3.8, 4) is 11.5 Å². The average Bonchev–Trinajstić information content (AvgIpc) is 2.49. The second-order valence-corrected chi connectivity index (χ2v) is 4.50. The monoisotopic (exact) mass is 295 g/mol. The first-order chi connectivity index (χ1) is 10.2. The van der Waals surface area contributed by atoms with Crippen molar-refractivity contribution in [1.29, 1.82) is 0 Å². The zero-order valence-electron chi connectivity index (χ0n) is 12.8. The fourth-order valence-electron chi connectivity index (χ4n) is 1.89. The van der Waals surface area contributed by atoms with E-state index in [9.17, 15) is 0 Å². The first-order valence-electron chi connectivity index (χ1n) is 7.31. The Balaban J connectivity index is 2.52. The van der Waals surface area contributed by atoms with E-state index < -0.39 is 0 Å². The molecule has 0 saturated carbocycles. The zero-order valence-corrected chi connectivity index (χ0v) is 12.8. The topological polar surface area (TPSA) is 89.1 Å². The van der Waals surface area contributed by atoms with Gasteiger partial charge in [-0.2, -0.15) is 0 Å². The Kier molecular flexibility index (Phi) is 7.86. The summed E-state index contributed by atoms with van der Waals surface area (Å²) in [6.07, 6.45) is 2.37. The molecule has 21 heavy (non-hydrogen) atoms. The first kappa shape index (κ1) is 16.9. The molecule has 0 aliphatic heterocycles. The molecule has 0 aliphatic rings. The van der Waals surface area contributed by atoms with E-state index in [4.69, 9.17) is 20.4 Å². The molecular weight excluding hydrogens is 270 g/mol. The van der Waals surface area contributed by atoms with Crippen LogP contribution in [0.4, 0.5) is 5.69 Å². The summed E-state index contributed by atoms with van der Waals surface area (Å²) < 4.78 is 11.1. The van der Waals surface area contributed by atoms with Gasteiger partial charge in [-0.25, -0.2) is 0 Å². The van der Waals surface area contributed by atoms with Crippen LogP contribution in [0.1, 0.15) is 33.1 Å². The lowest BCUT2D eigenvalue weighted by atomic mass is 10.2. The van der Waals surface area contributed by atoms with Crippen molar-refractivity contribution in [2.45, 2.75) is 33.1 Å². The highest BCUT2D eigenvalue weighted by Crippen LogP contribution is 2.29. The van der Waals surface area contributed by atoms with Gasteiger partial charge >= 0.3 is 0 Å². The third-order valence-electron chi connectivity index (χ3n) is 2.87. The molecule has 4 N–H and O–H groups in total. The van der Waals surface area contributed by atoms with Crippen LogP contribution in [0.15, 0.2) is 23.4 Å². The maximum Gasteiger partial charge on any atom is 0.142 e. The van der Waals surface area contributed by atoms with Crippen LogP contribution in [0.3, 0.4) is 0 Å². The summed E-state index contributed by atoms with van der Waals surface area (Å²) in [7, 11) is 0. The van der Waals surface area contributed by atoms with Gasteiger partial charge in [0.2, 0.25) is 0 Å². The van der Waals surface area contributed by atoms with E-state index in [0.717, 1.165) is 36.6 Å². The molecule has 0 fully saturated rings. The number of nitrogens with one attached hydrogen (secondary N) is 1. The van der Waals surface area contributed by atoms with Gasteiger partial charge in [-0.3, -0.25) is 0 Å². The molecule has 1 aromatic rings. The predicted octanol–water partition coefficient (Wildman–Crippen LogP) is 2.81. The molecule has 0 bridgehead atoms. The molecule has 6 nitrogen and oxygen atoms in total. The van der Waals surface area contributed by atoms with Crippen LogP contribution in [0.5, 0.6) is 11.5 Å². The smallest absolute Gasteiger partial charge is 0.142 e. The molecule has 0 aliphatic carbocycles. The lowest BCUT2D eigenvalue weighted by Gasteiger charge is -2.14. The second-order valence-electron chi connectivity index (χ2n) is 4.50. The number of unbranched alkanes of at least 4 members (excludes halogenated alkanes) is 1. The highest BCUT2D eigenvalue weighted by Gasteiger charge is 2.05. The van der Waals surface area contributed by atoms with Crippen molar-refractivity contribution in [1.82, 2.24) is 0 Å². The SMILES string of the molecule is CCOc1ccc(OCC)c(NCCCCC(N)=NO)c1. The predicted molar refractivity (Wildman–Crippen MR) is 84.5 cm³/mol. The third kappa shape index (κ3) is 6.25. The van der Waals surface area contributed by atoms with Gasteiger partial charge in [-0.1, -0.05) is 5.16 Å². The fourth-order valence-corrected chi connectivity index (χ4v) is 1.89. The lowest BCUT2D eigenvalue weighted by molar-refractivity contribution is 0.316. The van der Waals surface area contributed by atoms with Gasteiger partial charge in [0.05, 0.1) is 18.9 Å². The number of oxime groups is 1. The van der Waals surface area contributed by atoms with Gasteiger partial charge in [0.15, 0.2) is 0 Å². The standard InChI is InChI=1S/C15H25N3O3/c1-3-20-12-8-9-14(21-4-2)13(11-12)17-10-6-5-7-15(16)18-19/h8-9,11,17,19H,3-7,10H2,1-2H3,(H2,16,18). The molecule has 1 rings (SSSR count). The van der Waals surface area contributed by atoms with Crippen molar-refractivity contribution >= 4 is 11.5 Å². The van der Waals surface area contributed by atoms with Gasteiger partial charge in [0, 0.05) is 19.0 Å². The van der Waals surface area contributed by atoms with Crippen molar-refractivity contribution in [3.63, 3.8) is 0 Å². The molecule has 0 unspecified atom stereocenters. The van der Waals surface area contributed by atoms with E-state index in [1.165, 1.54) is 0 Å². The van der Waals surface area contributed by atoms with E-state index in [1.807, 2.05) is 32.0 Å². The van der Waals surface area contributed by atoms with Crippen molar-refractivity contribution in [2.75, 3.05) is 25.1 Å². The summed E-state index contributed by atoms with van der Waals surface area (Å²) in [4.78, 5) is 0. The Labute approximate surface area is 125 Å². The van der Waals surface area contributed by atoms with Crippen LogP contribution >= 0.6 is 0 Å². The second kappa shape index (κ2) is 9.74. The Morgan fingerprint density at radius 2 is 2.00 bits per heavy atom. The maximum absolute atomic E-state index is 8.46. The minimum atomic E-state index is 0.267. The van der Waals surface area contributed by atoms with E-state index in [-0.39, 0.29) is 5.84 Å². The normalized spacial score (nSPS) is 11.2. The molecule has 0 atom stereocenters. The Hall–Kier alpha value is -2.11. The molecule has 0 radical (unpaired) electrons. The molecule has 0 aromatic heterocycles. The Morgan fingerprint density at radius 3 is 2.67 bits per heavy atom. The molecule has 0 spiro atoms. The van der Waals surface area contributed by atoms with Gasteiger partial charge in [-0.15, -0.1) is 0 Å². The quantitative estimate of drug-likeness (QED) is 0.203. The molecule has 0 saturated heterocycles. The molecule has 118 valence electrons. The number of benzene rings is 1. The number of anilines is 1. The van der Waals surface area contributed by atoms with Gasteiger partial charge in [-0.05, 0) is 38.8 Å². The Bertz CT molecular complexity index is 450. The van der Waals surface area contributed by atoms with Gasteiger partial charge in [0.1, 0.15) is 17.3 Å². The van der Waals surface area contributed by atoms with Crippen LogP contribution in [-0.4, -0.2) is 30.8 Å². The number of hydrogen-bond acceptors (Lipinski definition) is 5. The maximum atomic E-state index is 8.46. The lowest BCUT2D eigenvalue weighted by Crippen LogP contribution is -2.12. The average molecular weight is 295 g/mol. The van der Waals surface area contributed by atoms with Gasteiger partial charge in [0.25, 0.3) is 0 Å². The van der Waals surface area contributed by atoms with Crippen molar-refractivity contribution in [3.05, 3.63) is 18.2 Å². The van der Waals surface area contributed by atoms with Crippen LogP contribution < -0.4 is 20.5 Å². The van der Waals surface area contributed by atoms with Crippen LogP contribution in [0.25, 0.3) is 0 Å². The summed E-state index contributed by atoms with van der Waals surface area (Å²) in [5.74, 6) is 1.90. The molecule has 0 heterocycles. The number of nitrogens with two attached hydrogens (primary N) is 1. The summed E-state index contributed by atoms with van der Waals surface area (Å²) in [5.41, 5.74) is 6.35. The highest BCUT2D eigenvalue weighted by molar-refractivity contribution is 5.79. The third-order valence-corrected chi connectivity index (χ3v) is 2.87. The number of amidine groups is 1. The number of nitrogens with zero attached hydrogens (tertiary/aromatic N) is 1. The van der Waals surface area contributed by atoms with Crippen LogP contribution in [-0.2, 0) is 0 Å². The van der Waals surface area contributed by atoms with Gasteiger partial charge < -0.3 is 25.7 Å². The summed E-state index contributed by atoms with van der Waals surface area (Å²) in [6, 6.07) is 5.75. The number of ether oxygens (including phenoxy) is 2. The number of hydrogen-bond donors (Lipinski definition) is 3. The molecular formula is C15H25N3O3. The minimum absolute atomic E-state index is 0.267. The minimum Gasteiger partial charge on any atom is -0.494 e. The summed E-state index contributed by atoms with van der Waals surface area (Å²) >= 11 is 0. The van der Waals surface area contributed by atoms with E-state index in [1.54, 1.807) is 0 Å². The zero-order chi connectivity index (χ0) is 15.5. The highest BCUT2D eigenvalue weighted by atomic mass is 16.5. The van der Waals surface area contributed by atoms with Crippen LogP contribution in [0.2, 0.25) is 0 Å². The Morgan fingerprint density at radius 1 is 1.24 bits per heavy atom. The van der Waals surface area contributed by atoms with Crippen molar-refractivity contribution < 1.29 is 14.7 Å². The number of rotatable bonds is 10. The summed E-state index contributed by atoms with van der Waals surface area (Å²) in [5, 5.41) is 14.8. The molecule has 0 amide bonds. The van der Waals surface area contributed by atoms with E-state index in [2.05, 4.69) is 10.5 Å². The summed E-state index contributed by atoms with van der Waals surface area (Å²) in [6.45, 7) is 5.95. The van der Waals surface area contributed by atoms with Crippen LogP contribution in [0, 0.1) is 0 Å².